The van der Waals surface area contributed by atoms with Gasteiger partial charge in [-0.3, -0.25) is 14.4 Å². The fraction of sp³-hybridized carbons (Fsp3) is 0.636. The molecule has 3 fully saturated rings. The SMILES string of the molecule is COc1ccc(C(=O)N2C[C@H]3C[C@@H](C2)[C@H](CN(C)C)N2C(=O)CCC[C@@H]32)cn1.O=CO. The zero-order chi connectivity index (χ0) is 22.5. The summed E-state index contributed by atoms with van der Waals surface area (Å²) in [7, 11) is 5.69. The maximum atomic E-state index is 13.1. The van der Waals surface area contributed by atoms with Crippen molar-refractivity contribution in [2.45, 2.75) is 37.8 Å². The Bertz CT molecular complexity index is 785. The molecule has 2 amide bonds. The average molecular weight is 433 g/mol. The molecule has 9 nitrogen and oxygen atoms in total. The van der Waals surface area contributed by atoms with Gasteiger partial charge in [-0.05, 0) is 51.3 Å². The summed E-state index contributed by atoms with van der Waals surface area (Å²) in [5.41, 5.74) is 0.599. The van der Waals surface area contributed by atoms with Gasteiger partial charge in [-0.1, -0.05) is 0 Å². The third kappa shape index (κ3) is 4.98. The highest BCUT2D eigenvalue weighted by atomic mass is 16.5. The quantitative estimate of drug-likeness (QED) is 0.713. The maximum Gasteiger partial charge on any atom is 0.290 e. The topological polar surface area (TPSA) is 103 Å². The van der Waals surface area contributed by atoms with Crippen molar-refractivity contribution in [3.63, 3.8) is 0 Å². The van der Waals surface area contributed by atoms with E-state index in [1.807, 2.05) is 4.90 Å². The first-order chi connectivity index (χ1) is 14.9. The van der Waals surface area contributed by atoms with E-state index in [1.54, 1.807) is 25.4 Å². The van der Waals surface area contributed by atoms with Gasteiger partial charge in [-0.2, -0.15) is 0 Å². The summed E-state index contributed by atoms with van der Waals surface area (Å²) in [6.45, 7) is 2.03. The Labute approximate surface area is 183 Å². The lowest BCUT2D eigenvalue weighted by Crippen LogP contribution is -2.67. The molecule has 0 aliphatic carbocycles. The molecule has 4 rings (SSSR count). The van der Waals surface area contributed by atoms with Gasteiger partial charge >= 0.3 is 0 Å². The lowest BCUT2D eigenvalue weighted by Gasteiger charge is -2.57. The highest BCUT2D eigenvalue weighted by Gasteiger charge is 2.50. The Hall–Kier alpha value is -2.68. The number of fused-ring (bicyclic) bond motifs is 4. The number of hydrogen-bond acceptors (Lipinski definition) is 6. The fourth-order valence-electron chi connectivity index (χ4n) is 5.36. The number of ether oxygens (including phenoxy) is 1. The number of rotatable bonds is 4. The van der Waals surface area contributed by atoms with Gasteiger partial charge in [-0.25, -0.2) is 4.98 Å². The van der Waals surface area contributed by atoms with E-state index in [2.05, 4.69) is 28.9 Å². The Kier molecular flexibility index (Phi) is 7.48. The molecular formula is C22H32N4O5. The van der Waals surface area contributed by atoms with E-state index in [0.717, 1.165) is 32.4 Å². The number of nitrogens with zero attached hydrogens (tertiary/aromatic N) is 4. The molecule has 2 bridgehead atoms. The smallest absolute Gasteiger partial charge is 0.290 e. The van der Waals surface area contributed by atoms with Gasteiger partial charge in [-0.15, -0.1) is 0 Å². The van der Waals surface area contributed by atoms with Gasteiger partial charge in [0.2, 0.25) is 11.8 Å². The van der Waals surface area contributed by atoms with Crippen molar-refractivity contribution >= 4 is 18.3 Å². The molecule has 0 spiro atoms. The van der Waals surface area contributed by atoms with Gasteiger partial charge < -0.3 is 24.5 Å². The van der Waals surface area contributed by atoms with Crippen molar-refractivity contribution in [3.8, 4) is 5.88 Å². The van der Waals surface area contributed by atoms with Crippen molar-refractivity contribution in [3.05, 3.63) is 23.9 Å². The van der Waals surface area contributed by atoms with Crippen molar-refractivity contribution in [2.24, 2.45) is 11.8 Å². The highest BCUT2D eigenvalue weighted by Crippen LogP contribution is 2.42. The second-order valence-corrected chi connectivity index (χ2v) is 8.75. The van der Waals surface area contributed by atoms with E-state index in [4.69, 9.17) is 14.6 Å². The van der Waals surface area contributed by atoms with Crippen LogP contribution >= 0.6 is 0 Å². The summed E-state index contributed by atoms with van der Waals surface area (Å²) < 4.78 is 5.10. The van der Waals surface area contributed by atoms with Gasteiger partial charge in [0.25, 0.3) is 12.4 Å². The summed E-state index contributed by atoms with van der Waals surface area (Å²) in [6, 6.07) is 3.97. The Morgan fingerprint density at radius 1 is 1.32 bits per heavy atom. The number of carboxylic acid groups (broad SMARTS) is 1. The summed E-state index contributed by atoms with van der Waals surface area (Å²) in [4.78, 5) is 44.8. The summed E-state index contributed by atoms with van der Waals surface area (Å²) in [6.07, 6.45) is 5.39. The van der Waals surface area contributed by atoms with Crippen molar-refractivity contribution in [2.75, 3.05) is 40.8 Å². The molecule has 31 heavy (non-hydrogen) atoms. The van der Waals surface area contributed by atoms with Crippen LogP contribution in [0.4, 0.5) is 0 Å². The van der Waals surface area contributed by atoms with E-state index in [1.165, 1.54) is 0 Å². The Morgan fingerprint density at radius 3 is 2.65 bits per heavy atom. The van der Waals surface area contributed by atoms with Crippen LogP contribution in [-0.2, 0) is 9.59 Å². The first kappa shape index (κ1) is 23.0. The van der Waals surface area contributed by atoms with E-state index in [9.17, 15) is 9.59 Å². The molecule has 1 aromatic heterocycles. The number of carbonyl (C=O) groups excluding carboxylic acids is 2. The molecule has 0 unspecified atom stereocenters. The minimum absolute atomic E-state index is 0.0315. The summed E-state index contributed by atoms with van der Waals surface area (Å²) in [5.74, 6) is 1.54. The largest absolute Gasteiger partial charge is 0.483 e. The molecule has 0 saturated carbocycles. The minimum Gasteiger partial charge on any atom is -0.483 e. The van der Waals surface area contributed by atoms with Gasteiger partial charge in [0.05, 0.1) is 12.7 Å². The van der Waals surface area contributed by atoms with Gasteiger partial charge in [0.1, 0.15) is 0 Å². The summed E-state index contributed by atoms with van der Waals surface area (Å²) >= 11 is 0. The number of piperidine rings is 3. The van der Waals surface area contributed by atoms with E-state index >= 15 is 0 Å². The van der Waals surface area contributed by atoms with Crippen LogP contribution in [0.3, 0.4) is 0 Å². The Balaban J connectivity index is 0.000000858. The number of likely N-dealkylation sites (N-methyl/N-ethyl adjacent to an activating group) is 1. The van der Waals surface area contributed by atoms with Crippen molar-refractivity contribution in [1.29, 1.82) is 0 Å². The Morgan fingerprint density at radius 2 is 2.03 bits per heavy atom. The number of aromatic nitrogens is 1. The zero-order valence-electron chi connectivity index (χ0n) is 18.4. The first-order valence-corrected chi connectivity index (χ1v) is 10.7. The molecule has 1 aromatic rings. The first-order valence-electron chi connectivity index (χ1n) is 10.7. The van der Waals surface area contributed by atoms with Crippen LogP contribution in [0, 0.1) is 11.8 Å². The molecule has 0 radical (unpaired) electrons. The van der Waals surface area contributed by atoms with E-state index in [-0.39, 0.29) is 24.5 Å². The van der Waals surface area contributed by atoms with Crippen molar-refractivity contribution < 1.29 is 24.2 Å². The van der Waals surface area contributed by atoms with Crippen LogP contribution < -0.4 is 4.74 Å². The molecular weight excluding hydrogens is 400 g/mol. The van der Waals surface area contributed by atoms with Crippen LogP contribution in [0.5, 0.6) is 5.88 Å². The van der Waals surface area contributed by atoms with Crippen LogP contribution in [0.1, 0.15) is 36.0 Å². The predicted octanol–water partition coefficient (Wildman–Crippen LogP) is 1.19. The molecule has 9 heteroatoms. The predicted molar refractivity (Wildman–Crippen MR) is 114 cm³/mol. The normalized spacial score (nSPS) is 27.2. The molecule has 3 saturated heterocycles. The number of likely N-dealkylation sites (tertiary alicyclic amines) is 1. The second kappa shape index (κ2) is 10.1. The lowest BCUT2D eigenvalue weighted by molar-refractivity contribution is -0.152. The number of carbonyl (C=O) groups is 3. The molecule has 3 aliphatic heterocycles. The standard InChI is InChI=1S/C21H30N4O3.CH2O2/c1-23(2)13-18-16-9-15(17-5-4-6-20(26)25(17)18)11-24(12-16)21(27)14-7-8-19(28-3)22-10-14;2-1-3/h7-8,10,15-18H,4-6,9,11-13H2,1-3H3;1H,(H,2,3)/t15-,16+,17+,18+;/m1./s1. The van der Waals surface area contributed by atoms with Crippen molar-refractivity contribution in [1.82, 2.24) is 19.7 Å². The molecule has 4 atom stereocenters. The van der Waals surface area contributed by atoms with Crippen LogP contribution in [0.2, 0.25) is 0 Å². The van der Waals surface area contributed by atoms with E-state index < -0.39 is 0 Å². The molecule has 4 heterocycles. The van der Waals surface area contributed by atoms with Gasteiger partial charge in [0.15, 0.2) is 0 Å². The van der Waals surface area contributed by atoms with Crippen LogP contribution in [0.15, 0.2) is 18.3 Å². The number of amides is 2. The number of methoxy groups -OCH3 is 1. The molecule has 170 valence electrons. The third-order valence-corrected chi connectivity index (χ3v) is 6.53. The minimum atomic E-state index is -0.250. The van der Waals surface area contributed by atoms with Crippen LogP contribution in [-0.4, -0.2) is 96.0 Å². The fourth-order valence-corrected chi connectivity index (χ4v) is 5.36. The summed E-state index contributed by atoms with van der Waals surface area (Å²) in [5, 5.41) is 6.89. The molecule has 1 N–H and O–H groups in total. The second-order valence-electron chi connectivity index (χ2n) is 8.75. The van der Waals surface area contributed by atoms with E-state index in [0.29, 0.717) is 42.2 Å². The number of hydrogen-bond donors (Lipinski definition) is 1. The lowest BCUT2D eigenvalue weighted by atomic mass is 9.72. The third-order valence-electron chi connectivity index (χ3n) is 6.53. The molecule has 0 aromatic carbocycles. The van der Waals surface area contributed by atoms with Crippen LogP contribution in [0.25, 0.3) is 0 Å². The monoisotopic (exact) mass is 432 g/mol. The highest BCUT2D eigenvalue weighted by molar-refractivity contribution is 5.94. The average Bonchev–Trinajstić information content (AvgIpc) is 2.76. The van der Waals surface area contributed by atoms with Gasteiger partial charge in [0, 0.05) is 50.4 Å². The zero-order valence-corrected chi connectivity index (χ0v) is 18.4. The number of pyridine rings is 1. The maximum absolute atomic E-state index is 13.1. The molecule has 3 aliphatic rings.